The monoisotopic (exact) mass is 316 g/mol. The van der Waals surface area contributed by atoms with Crippen molar-refractivity contribution in [2.45, 2.75) is 19.4 Å². The van der Waals surface area contributed by atoms with E-state index in [4.69, 9.17) is 4.98 Å². The molecule has 21 heavy (non-hydrogen) atoms. The Morgan fingerprint density at radius 3 is 2.81 bits per heavy atom. The van der Waals surface area contributed by atoms with E-state index >= 15 is 0 Å². The summed E-state index contributed by atoms with van der Waals surface area (Å²) in [5.74, 6) is 0. The largest absolute Gasteiger partial charge is 0.308 e. The lowest BCUT2D eigenvalue weighted by molar-refractivity contribution is 0.539. The molecule has 6 heteroatoms. The van der Waals surface area contributed by atoms with E-state index in [9.17, 15) is 0 Å². The van der Waals surface area contributed by atoms with E-state index < -0.39 is 0 Å². The molecule has 3 aromatic rings. The molecule has 0 saturated heterocycles. The number of aromatic nitrogens is 3. The highest BCUT2D eigenvalue weighted by molar-refractivity contribution is 7.10. The van der Waals surface area contributed by atoms with Crippen molar-refractivity contribution < 1.29 is 0 Å². The van der Waals surface area contributed by atoms with Crippen LogP contribution in [0, 0.1) is 0 Å². The van der Waals surface area contributed by atoms with Crippen molar-refractivity contribution in [1.29, 1.82) is 0 Å². The summed E-state index contributed by atoms with van der Waals surface area (Å²) in [6.45, 7) is 3.00. The van der Waals surface area contributed by atoms with Crippen LogP contribution < -0.4 is 5.32 Å². The fourth-order valence-electron chi connectivity index (χ4n) is 2.17. The van der Waals surface area contributed by atoms with Crippen LogP contribution in [0.5, 0.6) is 0 Å². The highest BCUT2D eigenvalue weighted by Crippen LogP contribution is 2.25. The van der Waals surface area contributed by atoms with Crippen LogP contribution in [-0.2, 0) is 6.42 Å². The molecule has 0 amide bonds. The fourth-order valence-corrected chi connectivity index (χ4v) is 3.50. The highest BCUT2D eigenvalue weighted by atomic mass is 32.1. The van der Waals surface area contributed by atoms with E-state index in [-0.39, 0.29) is 6.04 Å². The van der Waals surface area contributed by atoms with E-state index in [0.717, 1.165) is 34.9 Å². The van der Waals surface area contributed by atoms with Crippen LogP contribution in [0.3, 0.4) is 0 Å². The summed E-state index contributed by atoms with van der Waals surface area (Å²) >= 11 is 2.95. The van der Waals surface area contributed by atoms with Crippen LogP contribution in [0.1, 0.15) is 23.7 Å². The number of hydrogen-bond acceptors (Lipinski definition) is 6. The lowest BCUT2D eigenvalue weighted by Gasteiger charge is -2.13. The third kappa shape index (κ3) is 3.53. The van der Waals surface area contributed by atoms with Crippen LogP contribution in [-0.4, -0.2) is 20.3 Å². The highest BCUT2D eigenvalue weighted by Gasteiger charge is 2.16. The molecular formula is C15H16N4S2. The Balaban J connectivity index is 1.77. The Morgan fingerprint density at radius 1 is 1.24 bits per heavy atom. The number of likely N-dealkylation sites (N-methyl/N-ethyl adjacent to an activating group) is 1. The number of nitrogens with one attached hydrogen (secondary N) is 1. The molecule has 0 radical (unpaired) electrons. The summed E-state index contributed by atoms with van der Waals surface area (Å²) < 4.78 is 8.43. The lowest BCUT2D eigenvalue weighted by atomic mass is 10.1. The van der Waals surface area contributed by atoms with Gasteiger partial charge in [-0.15, -0.1) is 11.3 Å². The molecule has 1 N–H and O–H groups in total. The Bertz CT molecular complexity index is 664. The average molecular weight is 316 g/mol. The molecule has 0 aliphatic carbocycles. The smallest absolute Gasteiger partial charge is 0.0952 e. The molecular weight excluding hydrogens is 300 g/mol. The van der Waals surface area contributed by atoms with Crippen molar-refractivity contribution in [1.82, 2.24) is 19.0 Å². The topological polar surface area (TPSA) is 50.7 Å². The second-order valence-corrected chi connectivity index (χ2v) is 6.14. The zero-order valence-electron chi connectivity index (χ0n) is 11.7. The van der Waals surface area contributed by atoms with E-state index in [0.29, 0.717) is 0 Å². The standard InChI is InChI=1S/C15H16N4S2/c1-2-16-12(13-9-17-21-19-13)8-15-18-14(10-20-15)11-6-4-3-5-7-11/h3-7,9-10,12,16H,2,8H2,1H3. The van der Waals surface area contributed by atoms with Gasteiger partial charge >= 0.3 is 0 Å². The van der Waals surface area contributed by atoms with Gasteiger partial charge in [0.15, 0.2) is 0 Å². The number of hydrogen-bond donors (Lipinski definition) is 1. The Kier molecular flexibility index (Phi) is 4.69. The van der Waals surface area contributed by atoms with Gasteiger partial charge in [-0.25, -0.2) is 4.98 Å². The van der Waals surface area contributed by atoms with Crippen molar-refractivity contribution in [3.63, 3.8) is 0 Å². The molecule has 1 aromatic carbocycles. The van der Waals surface area contributed by atoms with Gasteiger partial charge in [0.1, 0.15) is 0 Å². The first kappa shape index (κ1) is 14.3. The van der Waals surface area contributed by atoms with Crippen LogP contribution in [0.2, 0.25) is 0 Å². The minimum absolute atomic E-state index is 0.184. The van der Waals surface area contributed by atoms with Crippen molar-refractivity contribution in [2.24, 2.45) is 0 Å². The Morgan fingerprint density at radius 2 is 2.10 bits per heavy atom. The van der Waals surface area contributed by atoms with Gasteiger partial charge in [-0.1, -0.05) is 37.3 Å². The van der Waals surface area contributed by atoms with Gasteiger partial charge in [0.25, 0.3) is 0 Å². The summed E-state index contributed by atoms with van der Waals surface area (Å²) in [7, 11) is 0. The second-order valence-electron chi connectivity index (χ2n) is 4.64. The van der Waals surface area contributed by atoms with Crippen molar-refractivity contribution in [2.75, 3.05) is 6.54 Å². The summed E-state index contributed by atoms with van der Waals surface area (Å²) in [5, 5.41) is 6.69. The predicted octanol–water partition coefficient (Wildman–Crippen LogP) is 3.55. The zero-order chi connectivity index (χ0) is 14.5. The molecule has 2 heterocycles. The van der Waals surface area contributed by atoms with E-state index in [1.54, 1.807) is 11.3 Å². The van der Waals surface area contributed by atoms with E-state index in [2.05, 4.69) is 38.5 Å². The second kappa shape index (κ2) is 6.89. The van der Waals surface area contributed by atoms with E-state index in [1.807, 2.05) is 24.4 Å². The molecule has 1 unspecified atom stereocenters. The average Bonchev–Trinajstić information content (AvgIpc) is 3.19. The molecule has 0 fully saturated rings. The first-order valence-electron chi connectivity index (χ1n) is 6.87. The third-order valence-corrected chi connectivity index (χ3v) is 4.55. The SMILES string of the molecule is CCNC(Cc1nc(-c2ccccc2)cs1)c1cnsn1. The number of nitrogens with zero attached hydrogens (tertiary/aromatic N) is 3. The van der Waals surface area contributed by atoms with Gasteiger partial charge in [0.2, 0.25) is 0 Å². The van der Waals surface area contributed by atoms with Gasteiger partial charge in [-0.2, -0.15) is 8.75 Å². The normalized spacial score (nSPS) is 12.4. The minimum Gasteiger partial charge on any atom is -0.308 e. The maximum Gasteiger partial charge on any atom is 0.0952 e. The van der Waals surface area contributed by atoms with Crippen molar-refractivity contribution in [3.8, 4) is 11.3 Å². The zero-order valence-corrected chi connectivity index (χ0v) is 13.3. The molecule has 108 valence electrons. The number of benzene rings is 1. The summed E-state index contributed by atoms with van der Waals surface area (Å²) in [6.07, 6.45) is 2.68. The molecule has 0 bridgehead atoms. The van der Waals surface area contributed by atoms with Crippen LogP contribution in [0.15, 0.2) is 41.9 Å². The molecule has 3 rings (SSSR count). The van der Waals surface area contributed by atoms with Gasteiger partial charge in [-0.3, -0.25) is 0 Å². The van der Waals surface area contributed by atoms with Crippen LogP contribution in [0.25, 0.3) is 11.3 Å². The van der Waals surface area contributed by atoms with Gasteiger partial charge < -0.3 is 5.32 Å². The lowest BCUT2D eigenvalue weighted by Crippen LogP contribution is -2.23. The summed E-state index contributed by atoms with van der Waals surface area (Å²) in [5.41, 5.74) is 3.20. The number of thiazole rings is 1. The van der Waals surface area contributed by atoms with Gasteiger partial charge in [-0.05, 0) is 6.54 Å². The van der Waals surface area contributed by atoms with Crippen LogP contribution in [0.4, 0.5) is 0 Å². The van der Waals surface area contributed by atoms with Gasteiger partial charge in [0, 0.05) is 17.4 Å². The van der Waals surface area contributed by atoms with E-state index in [1.165, 1.54) is 11.7 Å². The molecule has 0 aliphatic heterocycles. The minimum atomic E-state index is 0.184. The fraction of sp³-hybridized carbons (Fsp3) is 0.267. The third-order valence-electron chi connectivity index (χ3n) is 3.19. The molecule has 2 aromatic heterocycles. The molecule has 1 atom stereocenters. The van der Waals surface area contributed by atoms with Crippen molar-refractivity contribution in [3.05, 3.63) is 52.6 Å². The quantitative estimate of drug-likeness (QED) is 0.755. The maximum atomic E-state index is 4.75. The molecule has 0 aliphatic rings. The Labute approximate surface area is 132 Å². The van der Waals surface area contributed by atoms with Crippen LogP contribution >= 0.6 is 23.1 Å². The summed E-state index contributed by atoms with van der Waals surface area (Å²) in [6, 6.07) is 10.5. The molecule has 0 spiro atoms. The number of rotatable bonds is 6. The predicted molar refractivity (Wildman–Crippen MR) is 87.6 cm³/mol. The first-order chi connectivity index (χ1) is 10.4. The molecule has 0 saturated carbocycles. The van der Waals surface area contributed by atoms with Crippen molar-refractivity contribution >= 4 is 23.1 Å². The van der Waals surface area contributed by atoms with Gasteiger partial charge in [0.05, 0.1) is 40.4 Å². The maximum absolute atomic E-state index is 4.75. The first-order valence-corrected chi connectivity index (χ1v) is 8.48. The Hall–Kier alpha value is -1.63. The summed E-state index contributed by atoms with van der Waals surface area (Å²) in [4.78, 5) is 4.75. The molecule has 4 nitrogen and oxygen atoms in total.